The van der Waals surface area contributed by atoms with E-state index < -0.39 is 17.6 Å². The lowest BCUT2D eigenvalue weighted by atomic mass is 10.1. The fourth-order valence-corrected chi connectivity index (χ4v) is 2.84. The van der Waals surface area contributed by atoms with E-state index in [4.69, 9.17) is 14.6 Å². The zero-order valence-electron chi connectivity index (χ0n) is 14.0. The number of ether oxygens (including phenoxy) is 2. The van der Waals surface area contributed by atoms with E-state index in [0.29, 0.717) is 32.0 Å². The summed E-state index contributed by atoms with van der Waals surface area (Å²) in [6.45, 7) is 2.34. The van der Waals surface area contributed by atoms with Crippen molar-refractivity contribution in [2.45, 2.75) is 12.5 Å². The number of morpholine rings is 1. The van der Waals surface area contributed by atoms with Gasteiger partial charge >= 0.3 is 5.97 Å². The van der Waals surface area contributed by atoms with Crippen molar-refractivity contribution in [1.29, 1.82) is 0 Å². The van der Waals surface area contributed by atoms with Crippen LogP contribution in [0.3, 0.4) is 0 Å². The van der Waals surface area contributed by atoms with E-state index in [0.717, 1.165) is 23.8 Å². The lowest BCUT2D eigenvalue weighted by Crippen LogP contribution is -2.39. The van der Waals surface area contributed by atoms with Gasteiger partial charge in [0.2, 0.25) is 0 Å². The normalized spacial score (nSPS) is 17.8. The molecule has 2 aromatic rings. The Balaban J connectivity index is 1.62. The maximum Gasteiger partial charge on any atom is 0.304 e. The number of hydrogen-bond acceptors (Lipinski definition) is 4. The van der Waals surface area contributed by atoms with Gasteiger partial charge in [0, 0.05) is 37.8 Å². The van der Waals surface area contributed by atoms with Crippen molar-refractivity contribution in [1.82, 2.24) is 4.90 Å². The Labute approximate surface area is 149 Å². The lowest BCUT2D eigenvalue weighted by molar-refractivity contribution is -0.137. The van der Waals surface area contributed by atoms with E-state index in [2.05, 4.69) is 4.90 Å². The summed E-state index contributed by atoms with van der Waals surface area (Å²) in [5, 5.41) is 8.79. The number of carbonyl (C=O) groups is 1. The smallest absolute Gasteiger partial charge is 0.304 e. The SMILES string of the molecule is O=C(O)CCN1CCOC(c2ccc(Oc3cc(F)cc(F)c3)cc2)C1. The molecule has 1 fully saturated rings. The molecule has 0 bridgehead atoms. The first-order valence-electron chi connectivity index (χ1n) is 8.29. The molecule has 5 nitrogen and oxygen atoms in total. The van der Waals surface area contributed by atoms with Gasteiger partial charge in [0.15, 0.2) is 0 Å². The molecule has 26 heavy (non-hydrogen) atoms. The van der Waals surface area contributed by atoms with Crippen LogP contribution in [0.15, 0.2) is 42.5 Å². The molecule has 0 spiro atoms. The van der Waals surface area contributed by atoms with Crippen LogP contribution in [-0.4, -0.2) is 42.2 Å². The van der Waals surface area contributed by atoms with E-state index >= 15 is 0 Å². The summed E-state index contributed by atoms with van der Waals surface area (Å²) in [4.78, 5) is 12.8. The molecule has 0 radical (unpaired) electrons. The molecule has 0 aromatic heterocycles. The van der Waals surface area contributed by atoms with Gasteiger partial charge in [-0.1, -0.05) is 12.1 Å². The Morgan fingerprint density at radius 2 is 1.85 bits per heavy atom. The molecule has 2 aromatic carbocycles. The van der Waals surface area contributed by atoms with Crippen LogP contribution in [0.5, 0.6) is 11.5 Å². The molecule has 0 aliphatic carbocycles. The Morgan fingerprint density at radius 3 is 2.50 bits per heavy atom. The van der Waals surface area contributed by atoms with Crippen LogP contribution in [-0.2, 0) is 9.53 Å². The molecule has 138 valence electrons. The first-order chi connectivity index (χ1) is 12.5. The first-order valence-corrected chi connectivity index (χ1v) is 8.29. The number of carboxylic acid groups (broad SMARTS) is 1. The van der Waals surface area contributed by atoms with Crippen LogP contribution in [0.25, 0.3) is 0 Å². The minimum absolute atomic E-state index is 0.0870. The summed E-state index contributed by atoms with van der Waals surface area (Å²) in [6.07, 6.45) is -0.0536. The van der Waals surface area contributed by atoms with E-state index in [9.17, 15) is 13.6 Å². The maximum atomic E-state index is 13.2. The quantitative estimate of drug-likeness (QED) is 0.850. The highest BCUT2D eigenvalue weighted by atomic mass is 19.1. The van der Waals surface area contributed by atoms with Crippen LogP contribution in [0.2, 0.25) is 0 Å². The van der Waals surface area contributed by atoms with Crippen molar-refractivity contribution in [2.24, 2.45) is 0 Å². The third-order valence-corrected chi connectivity index (χ3v) is 4.12. The molecule has 1 heterocycles. The van der Waals surface area contributed by atoms with Crippen LogP contribution < -0.4 is 4.74 Å². The van der Waals surface area contributed by atoms with Crippen LogP contribution in [0, 0.1) is 11.6 Å². The molecule has 1 unspecified atom stereocenters. The number of rotatable bonds is 6. The molecule has 3 rings (SSSR count). The average Bonchev–Trinajstić information content (AvgIpc) is 2.60. The number of aliphatic carboxylic acids is 1. The Hall–Kier alpha value is -2.51. The molecular formula is C19H19F2NO4. The van der Waals surface area contributed by atoms with Gasteiger partial charge in [-0.25, -0.2) is 8.78 Å². The number of nitrogens with zero attached hydrogens (tertiary/aromatic N) is 1. The highest BCUT2D eigenvalue weighted by molar-refractivity contribution is 5.66. The number of carboxylic acids is 1. The third kappa shape index (κ3) is 5.00. The molecule has 1 aliphatic heterocycles. The monoisotopic (exact) mass is 363 g/mol. The number of halogens is 2. The van der Waals surface area contributed by atoms with Gasteiger partial charge in [-0.2, -0.15) is 0 Å². The number of benzene rings is 2. The zero-order chi connectivity index (χ0) is 18.5. The molecule has 1 aliphatic rings. The highest BCUT2D eigenvalue weighted by Crippen LogP contribution is 2.27. The minimum Gasteiger partial charge on any atom is -0.481 e. The summed E-state index contributed by atoms with van der Waals surface area (Å²) in [5.41, 5.74) is 0.933. The highest BCUT2D eigenvalue weighted by Gasteiger charge is 2.22. The predicted octanol–water partition coefficient (Wildman–Crippen LogP) is 3.61. The lowest BCUT2D eigenvalue weighted by Gasteiger charge is -2.32. The van der Waals surface area contributed by atoms with Crippen molar-refractivity contribution in [3.05, 3.63) is 59.7 Å². The van der Waals surface area contributed by atoms with E-state index in [1.807, 2.05) is 12.1 Å². The van der Waals surface area contributed by atoms with Crippen molar-refractivity contribution in [2.75, 3.05) is 26.2 Å². The Bertz CT molecular complexity index is 746. The molecule has 0 amide bonds. The summed E-state index contributed by atoms with van der Waals surface area (Å²) >= 11 is 0. The van der Waals surface area contributed by atoms with Crippen molar-refractivity contribution < 1.29 is 28.2 Å². The Kier molecular flexibility index (Phi) is 5.80. The molecular weight excluding hydrogens is 344 g/mol. The molecule has 0 saturated carbocycles. The van der Waals surface area contributed by atoms with Gasteiger partial charge in [-0.05, 0) is 17.7 Å². The largest absolute Gasteiger partial charge is 0.481 e. The minimum atomic E-state index is -0.816. The van der Waals surface area contributed by atoms with Crippen molar-refractivity contribution in [3.63, 3.8) is 0 Å². The molecule has 1 atom stereocenters. The van der Waals surface area contributed by atoms with Crippen LogP contribution >= 0.6 is 0 Å². The van der Waals surface area contributed by atoms with Crippen LogP contribution in [0.1, 0.15) is 18.1 Å². The third-order valence-electron chi connectivity index (χ3n) is 4.12. The van der Waals surface area contributed by atoms with E-state index in [1.54, 1.807) is 12.1 Å². The summed E-state index contributed by atoms with van der Waals surface area (Å²) in [5.74, 6) is -1.67. The number of hydrogen-bond donors (Lipinski definition) is 1. The second-order valence-corrected chi connectivity index (χ2v) is 6.08. The fourth-order valence-electron chi connectivity index (χ4n) is 2.84. The predicted molar refractivity (Wildman–Crippen MR) is 90.3 cm³/mol. The average molecular weight is 363 g/mol. The molecule has 1 N–H and O–H groups in total. The van der Waals surface area contributed by atoms with Crippen LogP contribution in [0.4, 0.5) is 8.78 Å². The molecule has 7 heteroatoms. The molecule has 1 saturated heterocycles. The fraction of sp³-hybridized carbons (Fsp3) is 0.316. The summed E-state index contributed by atoms with van der Waals surface area (Å²) in [7, 11) is 0. The van der Waals surface area contributed by atoms with Gasteiger partial charge in [0.25, 0.3) is 0 Å². The van der Waals surface area contributed by atoms with Gasteiger partial charge in [0.1, 0.15) is 23.1 Å². The second-order valence-electron chi connectivity index (χ2n) is 6.08. The van der Waals surface area contributed by atoms with Gasteiger partial charge in [-0.3, -0.25) is 9.69 Å². The van der Waals surface area contributed by atoms with E-state index in [1.165, 1.54) is 0 Å². The summed E-state index contributed by atoms with van der Waals surface area (Å²) in [6, 6.07) is 10.1. The van der Waals surface area contributed by atoms with Crippen molar-refractivity contribution in [3.8, 4) is 11.5 Å². The summed E-state index contributed by atoms with van der Waals surface area (Å²) < 4.78 is 37.7. The zero-order valence-corrected chi connectivity index (χ0v) is 14.0. The first kappa shape index (κ1) is 18.3. The maximum absolute atomic E-state index is 13.2. The second kappa shape index (κ2) is 8.25. The van der Waals surface area contributed by atoms with Gasteiger partial charge in [-0.15, -0.1) is 0 Å². The van der Waals surface area contributed by atoms with Gasteiger partial charge < -0.3 is 14.6 Å². The Morgan fingerprint density at radius 1 is 1.15 bits per heavy atom. The topological polar surface area (TPSA) is 59.0 Å². The van der Waals surface area contributed by atoms with Gasteiger partial charge in [0.05, 0.1) is 19.1 Å². The van der Waals surface area contributed by atoms with E-state index in [-0.39, 0.29) is 18.3 Å². The standard InChI is InChI=1S/C19H19F2NO4/c20-14-9-15(21)11-17(10-14)26-16-3-1-13(2-4-16)18-12-22(7-8-25-18)6-5-19(23)24/h1-4,9-11,18H,5-8,12H2,(H,23,24). The van der Waals surface area contributed by atoms with Crippen molar-refractivity contribution >= 4 is 5.97 Å².